The Hall–Kier alpha value is -2.95. The van der Waals surface area contributed by atoms with Crippen LogP contribution in [-0.2, 0) is 11.2 Å². The lowest BCUT2D eigenvalue weighted by molar-refractivity contribution is -0.604. The molecule has 3 aromatic rings. The second-order valence-electron chi connectivity index (χ2n) is 4.60. The molecule has 0 bridgehead atoms. The Labute approximate surface area is 121 Å². The fraction of sp³-hybridized carbons (Fsp3) is 0.0625. The van der Waals surface area contributed by atoms with Gasteiger partial charge in [-0.1, -0.05) is 30.3 Å². The highest BCUT2D eigenvalue weighted by Crippen LogP contribution is 2.29. The molecule has 0 saturated heterocycles. The molecule has 104 valence electrons. The van der Waals surface area contributed by atoms with Crippen LogP contribution < -0.4 is 4.73 Å². The maximum absolute atomic E-state index is 11.5. The summed E-state index contributed by atoms with van der Waals surface area (Å²) in [6.45, 7) is 0. The van der Waals surface area contributed by atoms with Crippen LogP contribution in [0.2, 0.25) is 0 Å². The van der Waals surface area contributed by atoms with Gasteiger partial charge >= 0.3 is 0 Å². The predicted octanol–water partition coefficient (Wildman–Crippen LogP) is 2.12. The van der Waals surface area contributed by atoms with Crippen LogP contribution in [0, 0.1) is 5.21 Å². The smallest absolute Gasteiger partial charge is 0.189 e. The van der Waals surface area contributed by atoms with Crippen molar-refractivity contribution in [3.05, 3.63) is 65.9 Å². The fourth-order valence-corrected chi connectivity index (χ4v) is 2.22. The summed E-state index contributed by atoms with van der Waals surface area (Å²) in [5.74, 6) is 0.583. The summed E-state index contributed by atoms with van der Waals surface area (Å²) in [6.07, 6.45) is 3.90. The van der Waals surface area contributed by atoms with Gasteiger partial charge in [0.2, 0.25) is 0 Å². The summed E-state index contributed by atoms with van der Waals surface area (Å²) in [6, 6.07) is 13.2. The number of benzene rings is 1. The number of nitrogens with zero attached hydrogens (tertiary/aromatic N) is 2. The first kappa shape index (κ1) is 13.1. The van der Waals surface area contributed by atoms with Gasteiger partial charge in [0.15, 0.2) is 12.4 Å². The zero-order valence-corrected chi connectivity index (χ0v) is 11.2. The summed E-state index contributed by atoms with van der Waals surface area (Å²) >= 11 is 0. The first-order valence-corrected chi connectivity index (χ1v) is 6.55. The number of aromatic nitrogens is 3. The average Bonchev–Trinajstić information content (AvgIpc) is 2.93. The van der Waals surface area contributed by atoms with Crippen molar-refractivity contribution in [3.8, 4) is 22.5 Å². The molecule has 2 aromatic heterocycles. The van der Waals surface area contributed by atoms with Crippen molar-refractivity contribution in [2.45, 2.75) is 6.42 Å². The Morgan fingerprint density at radius 1 is 1.14 bits per heavy atom. The minimum atomic E-state index is 0.212. The first-order valence-electron chi connectivity index (χ1n) is 6.55. The zero-order valence-electron chi connectivity index (χ0n) is 11.2. The summed E-state index contributed by atoms with van der Waals surface area (Å²) < 4.78 is 0.734. The van der Waals surface area contributed by atoms with Crippen LogP contribution in [0.3, 0.4) is 0 Å². The predicted molar refractivity (Wildman–Crippen MR) is 78.2 cm³/mol. The molecule has 0 aliphatic rings. The molecule has 1 N–H and O–H groups in total. The molecule has 0 amide bonds. The second kappa shape index (κ2) is 5.58. The van der Waals surface area contributed by atoms with Gasteiger partial charge in [-0.05, 0) is 6.07 Å². The van der Waals surface area contributed by atoms with E-state index in [9.17, 15) is 10.0 Å². The number of aromatic amines is 1. The van der Waals surface area contributed by atoms with Gasteiger partial charge in [0.05, 0.1) is 17.7 Å². The molecule has 1 aromatic carbocycles. The van der Waals surface area contributed by atoms with E-state index in [4.69, 9.17) is 0 Å². The quantitative estimate of drug-likeness (QED) is 0.451. The standard InChI is InChI=1S/C16H13N3O2/c20-10-8-14-17-15(12-5-2-1-3-6-12)16(18-14)13-7-4-9-19(21)11-13/h1-7,9-11H,8H2,(H,17,18). The Morgan fingerprint density at radius 3 is 2.62 bits per heavy atom. The number of hydrogen-bond donors (Lipinski definition) is 1. The third kappa shape index (κ3) is 2.67. The van der Waals surface area contributed by atoms with E-state index in [0.29, 0.717) is 17.1 Å². The number of nitrogens with one attached hydrogen (secondary N) is 1. The number of hydrogen-bond acceptors (Lipinski definition) is 3. The highest BCUT2D eigenvalue weighted by atomic mass is 16.5. The van der Waals surface area contributed by atoms with Crippen LogP contribution in [0.4, 0.5) is 0 Å². The van der Waals surface area contributed by atoms with Gasteiger partial charge in [0.1, 0.15) is 17.8 Å². The van der Waals surface area contributed by atoms with E-state index >= 15 is 0 Å². The third-order valence-electron chi connectivity index (χ3n) is 3.14. The summed E-state index contributed by atoms with van der Waals surface area (Å²) in [5, 5.41) is 11.5. The lowest BCUT2D eigenvalue weighted by Crippen LogP contribution is -2.24. The maximum Gasteiger partial charge on any atom is 0.189 e. The summed E-state index contributed by atoms with van der Waals surface area (Å²) in [4.78, 5) is 18.3. The molecule has 0 unspecified atom stereocenters. The van der Waals surface area contributed by atoms with Gasteiger partial charge in [0.25, 0.3) is 0 Å². The van der Waals surface area contributed by atoms with E-state index in [1.54, 1.807) is 6.07 Å². The highest BCUT2D eigenvalue weighted by Gasteiger charge is 2.15. The van der Waals surface area contributed by atoms with Crippen LogP contribution in [0.5, 0.6) is 0 Å². The van der Waals surface area contributed by atoms with Gasteiger partial charge in [-0.3, -0.25) is 0 Å². The molecule has 0 radical (unpaired) electrons. The monoisotopic (exact) mass is 279 g/mol. The Kier molecular flexibility index (Phi) is 3.47. The Balaban J connectivity index is 2.16. The fourth-order valence-electron chi connectivity index (χ4n) is 2.22. The largest absolute Gasteiger partial charge is 0.619 e. The van der Waals surface area contributed by atoms with E-state index in [1.807, 2.05) is 36.4 Å². The summed E-state index contributed by atoms with van der Waals surface area (Å²) in [5.41, 5.74) is 3.14. The number of aldehydes is 1. The van der Waals surface area contributed by atoms with Gasteiger partial charge in [-0.15, -0.1) is 0 Å². The van der Waals surface area contributed by atoms with Crippen LogP contribution in [0.15, 0.2) is 54.9 Å². The first-order chi connectivity index (χ1) is 10.3. The summed E-state index contributed by atoms with van der Waals surface area (Å²) in [7, 11) is 0. The molecule has 2 heterocycles. The van der Waals surface area contributed by atoms with Crippen molar-refractivity contribution in [1.82, 2.24) is 9.97 Å². The molecule has 0 saturated carbocycles. The topological polar surface area (TPSA) is 72.7 Å². The highest BCUT2D eigenvalue weighted by molar-refractivity contribution is 5.78. The third-order valence-corrected chi connectivity index (χ3v) is 3.14. The van der Waals surface area contributed by atoms with Crippen LogP contribution in [0.1, 0.15) is 5.82 Å². The van der Waals surface area contributed by atoms with E-state index < -0.39 is 0 Å². The van der Waals surface area contributed by atoms with Gasteiger partial charge in [0, 0.05) is 11.6 Å². The van der Waals surface area contributed by atoms with Crippen LogP contribution in [0.25, 0.3) is 22.5 Å². The Bertz CT molecular complexity index is 766. The normalized spacial score (nSPS) is 10.5. The molecule has 0 spiro atoms. The minimum absolute atomic E-state index is 0.212. The molecular formula is C16H13N3O2. The zero-order chi connectivity index (χ0) is 14.7. The second-order valence-corrected chi connectivity index (χ2v) is 4.60. The Morgan fingerprint density at radius 2 is 1.90 bits per heavy atom. The lowest BCUT2D eigenvalue weighted by atomic mass is 10.1. The number of H-pyrrole nitrogens is 1. The molecule has 3 rings (SSSR count). The molecule has 0 fully saturated rings. The van der Waals surface area contributed by atoms with Gasteiger partial charge in [-0.2, -0.15) is 4.73 Å². The molecule has 0 aliphatic carbocycles. The van der Waals surface area contributed by atoms with Crippen molar-refractivity contribution in [2.75, 3.05) is 0 Å². The van der Waals surface area contributed by atoms with Crippen molar-refractivity contribution >= 4 is 6.29 Å². The average molecular weight is 279 g/mol. The molecule has 21 heavy (non-hydrogen) atoms. The number of pyridine rings is 1. The van der Waals surface area contributed by atoms with E-state index in [0.717, 1.165) is 22.3 Å². The minimum Gasteiger partial charge on any atom is -0.619 e. The lowest BCUT2D eigenvalue weighted by Gasteiger charge is -2.03. The maximum atomic E-state index is 11.5. The number of carbonyl (C=O) groups excluding carboxylic acids is 1. The molecular weight excluding hydrogens is 266 g/mol. The number of rotatable bonds is 4. The van der Waals surface area contributed by atoms with E-state index in [1.165, 1.54) is 12.4 Å². The SMILES string of the molecule is O=CCc1nc(-c2ccc[n+]([O-])c2)c(-c2ccccc2)[nH]1. The van der Waals surface area contributed by atoms with Gasteiger partial charge < -0.3 is 15.0 Å². The molecule has 5 heteroatoms. The van der Waals surface area contributed by atoms with Crippen molar-refractivity contribution in [3.63, 3.8) is 0 Å². The molecule has 0 atom stereocenters. The van der Waals surface area contributed by atoms with Crippen molar-refractivity contribution in [2.24, 2.45) is 0 Å². The number of carbonyl (C=O) groups is 1. The van der Waals surface area contributed by atoms with Crippen molar-refractivity contribution in [1.29, 1.82) is 0 Å². The van der Waals surface area contributed by atoms with Gasteiger partial charge in [-0.25, -0.2) is 4.98 Å². The van der Waals surface area contributed by atoms with Crippen LogP contribution in [-0.4, -0.2) is 16.3 Å². The van der Waals surface area contributed by atoms with Crippen LogP contribution >= 0.6 is 0 Å². The molecule has 5 nitrogen and oxygen atoms in total. The van der Waals surface area contributed by atoms with E-state index in [2.05, 4.69) is 9.97 Å². The molecule has 0 aliphatic heterocycles. The number of imidazole rings is 1. The van der Waals surface area contributed by atoms with Crippen molar-refractivity contribution < 1.29 is 9.52 Å². The van der Waals surface area contributed by atoms with E-state index in [-0.39, 0.29) is 6.42 Å².